The smallest absolute Gasteiger partial charge is 0.264 e. The van der Waals surface area contributed by atoms with E-state index in [4.69, 9.17) is 4.74 Å². The number of anilines is 1. The lowest BCUT2D eigenvalue weighted by Crippen LogP contribution is -2.39. The van der Waals surface area contributed by atoms with Crippen molar-refractivity contribution in [3.05, 3.63) is 82.8 Å². The van der Waals surface area contributed by atoms with E-state index in [1.54, 1.807) is 36.4 Å². The number of carbonyl (C=O) groups excluding carboxylic acids is 1. The molecule has 3 aromatic carbocycles. The summed E-state index contributed by atoms with van der Waals surface area (Å²) in [5.41, 5.74) is 3.53. The lowest BCUT2D eigenvalue weighted by molar-refractivity contribution is -0.119. The number of sulfonamides is 1. The summed E-state index contributed by atoms with van der Waals surface area (Å²) >= 11 is 4.87. The van der Waals surface area contributed by atoms with Gasteiger partial charge in [0.25, 0.3) is 15.9 Å². The van der Waals surface area contributed by atoms with Crippen LogP contribution in [0.2, 0.25) is 0 Å². The van der Waals surface area contributed by atoms with Crippen LogP contribution >= 0.6 is 27.7 Å². The van der Waals surface area contributed by atoms with Crippen molar-refractivity contribution >= 4 is 55.5 Å². The first-order valence-corrected chi connectivity index (χ1v) is 13.8. The molecule has 10 heteroatoms. The molecule has 0 bridgehead atoms. The Kier molecular flexibility index (Phi) is 9.14. The molecule has 34 heavy (non-hydrogen) atoms. The van der Waals surface area contributed by atoms with Crippen molar-refractivity contribution in [2.75, 3.05) is 23.7 Å². The van der Waals surface area contributed by atoms with Crippen LogP contribution in [-0.2, 0) is 14.8 Å². The lowest BCUT2D eigenvalue weighted by Gasteiger charge is -2.24. The highest BCUT2D eigenvalue weighted by Gasteiger charge is 2.27. The second-order valence-electron chi connectivity index (χ2n) is 6.96. The first kappa shape index (κ1) is 25.8. The Hall–Kier alpha value is -2.82. The predicted octanol–water partition coefficient (Wildman–Crippen LogP) is 4.92. The van der Waals surface area contributed by atoms with Gasteiger partial charge in [-0.2, -0.15) is 5.10 Å². The van der Waals surface area contributed by atoms with E-state index in [2.05, 4.69) is 26.5 Å². The lowest BCUT2D eigenvalue weighted by atomic mass is 10.2. The van der Waals surface area contributed by atoms with E-state index in [0.29, 0.717) is 18.0 Å². The molecular formula is C24H24BrN3O4S2. The van der Waals surface area contributed by atoms with Crippen molar-refractivity contribution in [3.8, 4) is 5.75 Å². The second kappa shape index (κ2) is 12.0. The number of thioether (sulfide) groups is 1. The average molecular weight is 563 g/mol. The summed E-state index contributed by atoms with van der Waals surface area (Å²) in [5, 5.41) is 3.95. The number of carbonyl (C=O) groups is 1. The maximum Gasteiger partial charge on any atom is 0.264 e. The van der Waals surface area contributed by atoms with Crippen molar-refractivity contribution in [3.63, 3.8) is 0 Å². The van der Waals surface area contributed by atoms with E-state index in [1.165, 1.54) is 30.1 Å². The Labute approximate surface area is 212 Å². The molecule has 0 atom stereocenters. The Morgan fingerprint density at radius 2 is 1.71 bits per heavy atom. The normalized spacial score (nSPS) is 11.4. The zero-order valence-electron chi connectivity index (χ0n) is 18.6. The van der Waals surface area contributed by atoms with E-state index in [-0.39, 0.29) is 4.90 Å². The van der Waals surface area contributed by atoms with Gasteiger partial charge in [0.05, 0.1) is 23.4 Å². The number of hydrogen-bond acceptors (Lipinski definition) is 6. The van der Waals surface area contributed by atoms with Crippen LogP contribution in [-0.4, -0.2) is 39.9 Å². The molecule has 0 radical (unpaired) electrons. The van der Waals surface area contributed by atoms with E-state index in [0.717, 1.165) is 19.2 Å². The van der Waals surface area contributed by atoms with E-state index < -0.39 is 22.5 Å². The summed E-state index contributed by atoms with van der Waals surface area (Å²) in [4.78, 5) is 13.7. The highest BCUT2D eigenvalue weighted by Crippen LogP contribution is 2.27. The van der Waals surface area contributed by atoms with Crippen molar-refractivity contribution in [1.29, 1.82) is 0 Å². The molecule has 7 nitrogen and oxygen atoms in total. The first-order valence-electron chi connectivity index (χ1n) is 10.3. The fourth-order valence-corrected chi connectivity index (χ4v) is 5.05. The van der Waals surface area contributed by atoms with Crippen LogP contribution in [0.1, 0.15) is 12.5 Å². The fourth-order valence-electron chi connectivity index (χ4n) is 2.96. The molecule has 0 aromatic heterocycles. The molecule has 0 saturated heterocycles. The first-order chi connectivity index (χ1) is 16.3. The molecule has 0 aliphatic rings. The Balaban J connectivity index is 1.84. The number of nitrogens with one attached hydrogen (secondary N) is 1. The molecule has 0 heterocycles. The van der Waals surface area contributed by atoms with Gasteiger partial charge in [0.1, 0.15) is 12.3 Å². The minimum atomic E-state index is -4.02. The number of halogens is 1. The molecule has 178 valence electrons. The summed E-state index contributed by atoms with van der Waals surface area (Å²) in [6, 6.07) is 20.4. The van der Waals surface area contributed by atoms with Crippen LogP contribution in [0, 0.1) is 0 Å². The van der Waals surface area contributed by atoms with Gasteiger partial charge in [0.15, 0.2) is 0 Å². The van der Waals surface area contributed by atoms with Crippen molar-refractivity contribution < 1.29 is 17.9 Å². The molecular weight excluding hydrogens is 538 g/mol. The highest BCUT2D eigenvalue weighted by molar-refractivity contribution is 9.10. The number of ether oxygens (including phenoxy) is 1. The number of rotatable bonds is 10. The Morgan fingerprint density at radius 3 is 2.29 bits per heavy atom. The second-order valence-corrected chi connectivity index (χ2v) is 10.6. The van der Waals surface area contributed by atoms with Crippen molar-refractivity contribution in [2.45, 2.75) is 16.7 Å². The average Bonchev–Trinajstić information content (AvgIpc) is 2.84. The Bertz CT molecular complexity index is 1230. The maximum absolute atomic E-state index is 13.5. The maximum atomic E-state index is 13.5. The molecule has 3 rings (SSSR count). The molecule has 0 spiro atoms. The third-order valence-corrected chi connectivity index (χ3v) is 7.70. The fraction of sp³-hybridized carbons (Fsp3) is 0.167. The summed E-state index contributed by atoms with van der Waals surface area (Å²) < 4.78 is 34.4. The van der Waals surface area contributed by atoms with Gasteiger partial charge in [0, 0.05) is 9.37 Å². The molecule has 0 aliphatic carbocycles. The molecule has 1 N–H and O–H groups in total. The van der Waals surface area contributed by atoms with Crippen LogP contribution in [0.15, 0.2) is 92.2 Å². The van der Waals surface area contributed by atoms with Gasteiger partial charge in [-0.3, -0.25) is 9.10 Å². The SMILES string of the molecule is CCOc1ccc(N(CC(=O)N/N=C\c2ccc(Br)cc2)S(=O)(=O)c2ccc(SC)cc2)cc1. The predicted molar refractivity (Wildman–Crippen MR) is 140 cm³/mol. The number of amides is 1. The quantitative estimate of drug-likeness (QED) is 0.216. The number of benzene rings is 3. The summed E-state index contributed by atoms with van der Waals surface area (Å²) in [6.07, 6.45) is 3.40. The largest absolute Gasteiger partial charge is 0.494 e. The van der Waals surface area contributed by atoms with Gasteiger partial charge in [0.2, 0.25) is 0 Å². The van der Waals surface area contributed by atoms with Gasteiger partial charge in [-0.25, -0.2) is 13.8 Å². The summed E-state index contributed by atoms with van der Waals surface area (Å²) in [6.45, 7) is 1.91. The van der Waals surface area contributed by atoms with Crippen molar-refractivity contribution in [1.82, 2.24) is 5.43 Å². The minimum Gasteiger partial charge on any atom is -0.494 e. The van der Waals surface area contributed by atoms with Crippen LogP contribution in [0.4, 0.5) is 5.69 Å². The topological polar surface area (TPSA) is 88.1 Å². The molecule has 1 amide bonds. The summed E-state index contributed by atoms with van der Waals surface area (Å²) in [7, 11) is -4.02. The third kappa shape index (κ3) is 6.85. The summed E-state index contributed by atoms with van der Waals surface area (Å²) in [5.74, 6) is 0.0306. The van der Waals surface area contributed by atoms with Gasteiger partial charge in [-0.1, -0.05) is 28.1 Å². The third-order valence-electron chi connectivity index (χ3n) is 4.64. The molecule has 0 unspecified atom stereocenters. The van der Waals surface area contributed by atoms with Crippen LogP contribution in [0.25, 0.3) is 0 Å². The molecule has 0 aliphatic heterocycles. The van der Waals surface area contributed by atoms with Gasteiger partial charge in [-0.05, 0) is 79.4 Å². The molecule has 3 aromatic rings. The van der Waals surface area contributed by atoms with Gasteiger partial charge in [-0.15, -0.1) is 11.8 Å². The monoisotopic (exact) mass is 561 g/mol. The molecule has 0 fully saturated rings. The van der Waals surface area contributed by atoms with Crippen molar-refractivity contribution in [2.24, 2.45) is 5.10 Å². The van der Waals surface area contributed by atoms with Crippen LogP contribution in [0.3, 0.4) is 0 Å². The van der Waals surface area contributed by atoms with Gasteiger partial charge < -0.3 is 4.74 Å². The zero-order chi connectivity index (χ0) is 24.6. The standard InChI is InChI=1S/C24H24BrN3O4S2/c1-3-32-21-10-8-20(9-11-21)28(34(30,31)23-14-12-22(33-2)13-15-23)17-24(29)27-26-16-18-4-6-19(25)7-5-18/h4-16H,3,17H2,1-2H3,(H,27,29)/b26-16-. The van der Waals surface area contributed by atoms with Gasteiger partial charge >= 0.3 is 0 Å². The minimum absolute atomic E-state index is 0.0883. The number of hydrazone groups is 1. The number of nitrogens with zero attached hydrogens (tertiary/aromatic N) is 2. The van der Waals surface area contributed by atoms with Crippen LogP contribution < -0.4 is 14.5 Å². The van der Waals surface area contributed by atoms with E-state index in [9.17, 15) is 13.2 Å². The van der Waals surface area contributed by atoms with E-state index in [1.807, 2.05) is 37.4 Å². The highest BCUT2D eigenvalue weighted by atomic mass is 79.9. The zero-order valence-corrected chi connectivity index (χ0v) is 21.9. The molecule has 0 saturated carbocycles. The van der Waals surface area contributed by atoms with E-state index >= 15 is 0 Å². The van der Waals surface area contributed by atoms with Crippen LogP contribution in [0.5, 0.6) is 5.75 Å². The number of hydrogen-bond donors (Lipinski definition) is 1. The Morgan fingerprint density at radius 1 is 1.06 bits per heavy atom.